The molecule has 5 nitrogen and oxygen atoms in total. The maximum Gasteiger partial charge on any atom is 0.255 e. The number of anilines is 1. The van der Waals surface area contributed by atoms with Crippen molar-refractivity contribution >= 4 is 21.6 Å². The van der Waals surface area contributed by atoms with Gasteiger partial charge in [0.05, 0.1) is 4.90 Å². The van der Waals surface area contributed by atoms with Crippen LogP contribution in [0.2, 0.25) is 0 Å². The topological polar surface area (TPSA) is 75.3 Å². The Labute approximate surface area is 149 Å². The Bertz CT molecular complexity index is 834. The third-order valence-corrected chi connectivity index (χ3v) is 5.33. The molecule has 0 heterocycles. The summed E-state index contributed by atoms with van der Waals surface area (Å²) in [6, 6.07) is 13.6. The van der Waals surface area contributed by atoms with Crippen LogP contribution >= 0.6 is 0 Å². The Morgan fingerprint density at radius 3 is 2.00 bits per heavy atom. The number of nitrogens with one attached hydrogen (secondary N) is 2. The van der Waals surface area contributed by atoms with Gasteiger partial charge in [-0.2, -0.15) is 0 Å². The van der Waals surface area contributed by atoms with Gasteiger partial charge in [-0.15, -0.1) is 0 Å². The number of hydrogen-bond donors (Lipinski definition) is 2. The lowest BCUT2D eigenvalue weighted by Gasteiger charge is -2.19. The molecule has 1 amide bonds. The van der Waals surface area contributed by atoms with Crippen molar-refractivity contribution in [1.29, 1.82) is 0 Å². The molecular formula is C19H24N2O3S. The minimum absolute atomic E-state index is 0.0520. The van der Waals surface area contributed by atoms with Gasteiger partial charge in [0, 0.05) is 17.8 Å². The van der Waals surface area contributed by atoms with Crippen molar-refractivity contribution in [3.05, 3.63) is 59.7 Å². The molecule has 134 valence electrons. The zero-order chi connectivity index (χ0) is 18.7. The molecule has 0 aromatic heterocycles. The standard InChI is InChI=1S/C19H24N2O3S/c1-5-20-25(23,24)17-12-6-14(7-13-17)18(22)21-16-10-8-15(9-11-16)19(2,3)4/h6-13,20H,5H2,1-4H3,(H,21,22). The summed E-state index contributed by atoms with van der Waals surface area (Å²) < 4.78 is 26.2. The van der Waals surface area contributed by atoms with Crippen LogP contribution in [0.1, 0.15) is 43.6 Å². The molecule has 25 heavy (non-hydrogen) atoms. The van der Waals surface area contributed by atoms with Crippen LogP contribution < -0.4 is 10.0 Å². The molecule has 2 aromatic rings. The molecule has 6 heteroatoms. The Morgan fingerprint density at radius 1 is 0.960 bits per heavy atom. The van der Waals surface area contributed by atoms with Crippen LogP contribution in [0.25, 0.3) is 0 Å². The van der Waals surface area contributed by atoms with Gasteiger partial charge in [0.1, 0.15) is 0 Å². The average Bonchev–Trinajstić information content (AvgIpc) is 2.54. The molecule has 0 spiro atoms. The van der Waals surface area contributed by atoms with E-state index in [4.69, 9.17) is 0 Å². The fraction of sp³-hybridized carbons (Fsp3) is 0.316. The molecule has 0 bridgehead atoms. The van der Waals surface area contributed by atoms with Crippen molar-refractivity contribution < 1.29 is 13.2 Å². The Kier molecular flexibility index (Phi) is 5.65. The minimum Gasteiger partial charge on any atom is -0.322 e. The molecule has 2 N–H and O–H groups in total. The van der Waals surface area contributed by atoms with Gasteiger partial charge in [-0.05, 0) is 47.4 Å². The van der Waals surface area contributed by atoms with E-state index in [-0.39, 0.29) is 16.2 Å². The molecule has 0 aliphatic heterocycles. The normalized spacial score (nSPS) is 12.0. The Hall–Kier alpha value is -2.18. The zero-order valence-corrected chi connectivity index (χ0v) is 15.8. The van der Waals surface area contributed by atoms with Gasteiger partial charge in [-0.25, -0.2) is 13.1 Å². The monoisotopic (exact) mass is 360 g/mol. The van der Waals surface area contributed by atoms with Gasteiger partial charge in [0.25, 0.3) is 5.91 Å². The van der Waals surface area contributed by atoms with Crippen molar-refractivity contribution in [2.24, 2.45) is 0 Å². The molecular weight excluding hydrogens is 336 g/mol. The lowest BCUT2D eigenvalue weighted by atomic mass is 9.87. The summed E-state index contributed by atoms with van der Waals surface area (Å²) in [4.78, 5) is 12.4. The van der Waals surface area contributed by atoms with Gasteiger partial charge < -0.3 is 5.32 Å². The van der Waals surface area contributed by atoms with E-state index in [0.29, 0.717) is 17.8 Å². The van der Waals surface area contributed by atoms with Crippen LogP contribution in [0, 0.1) is 0 Å². The van der Waals surface area contributed by atoms with E-state index >= 15 is 0 Å². The summed E-state index contributed by atoms with van der Waals surface area (Å²) in [6.45, 7) is 8.41. The second-order valence-electron chi connectivity index (χ2n) is 6.81. The van der Waals surface area contributed by atoms with Crippen molar-refractivity contribution in [2.75, 3.05) is 11.9 Å². The summed E-state index contributed by atoms with van der Waals surface area (Å²) in [6.07, 6.45) is 0. The largest absolute Gasteiger partial charge is 0.322 e. The van der Waals surface area contributed by atoms with Crippen LogP contribution in [-0.4, -0.2) is 20.9 Å². The Morgan fingerprint density at radius 2 is 1.52 bits per heavy atom. The van der Waals surface area contributed by atoms with Gasteiger partial charge >= 0.3 is 0 Å². The first-order valence-corrected chi connectivity index (χ1v) is 9.63. The van der Waals surface area contributed by atoms with Crippen LogP contribution in [0.15, 0.2) is 53.4 Å². The maximum absolute atomic E-state index is 12.3. The molecule has 2 aromatic carbocycles. The summed E-state index contributed by atoms with van der Waals surface area (Å²) in [7, 11) is -3.51. The Balaban J connectivity index is 2.11. The highest BCUT2D eigenvalue weighted by Crippen LogP contribution is 2.23. The third-order valence-electron chi connectivity index (χ3n) is 3.77. The SMILES string of the molecule is CCNS(=O)(=O)c1ccc(C(=O)Nc2ccc(C(C)(C)C)cc2)cc1. The van der Waals surface area contributed by atoms with Crippen LogP contribution in [0.5, 0.6) is 0 Å². The number of rotatable bonds is 5. The van der Waals surface area contributed by atoms with E-state index < -0.39 is 10.0 Å². The number of benzene rings is 2. The van der Waals surface area contributed by atoms with E-state index in [0.717, 1.165) is 0 Å². The second-order valence-corrected chi connectivity index (χ2v) is 8.57. The highest BCUT2D eigenvalue weighted by Gasteiger charge is 2.15. The highest BCUT2D eigenvalue weighted by atomic mass is 32.2. The van der Waals surface area contributed by atoms with Crippen LogP contribution in [0.3, 0.4) is 0 Å². The first-order valence-electron chi connectivity index (χ1n) is 8.15. The molecule has 0 radical (unpaired) electrons. The van der Waals surface area contributed by atoms with E-state index in [9.17, 15) is 13.2 Å². The minimum atomic E-state index is -3.51. The number of carbonyl (C=O) groups is 1. The van der Waals surface area contributed by atoms with Crippen molar-refractivity contribution in [2.45, 2.75) is 38.0 Å². The van der Waals surface area contributed by atoms with Gasteiger partial charge in [0.2, 0.25) is 10.0 Å². The number of hydrogen-bond acceptors (Lipinski definition) is 3. The predicted octanol–water partition coefficient (Wildman–Crippen LogP) is 3.53. The summed E-state index contributed by atoms with van der Waals surface area (Å²) in [5.74, 6) is -0.282. The molecule has 0 saturated heterocycles. The fourth-order valence-corrected chi connectivity index (χ4v) is 3.36. The summed E-state index contributed by atoms with van der Waals surface area (Å²) in [5.41, 5.74) is 2.33. The van der Waals surface area contributed by atoms with Crippen molar-refractivity contribution in [1.82, 2.24) is 4.72 Å². The third kappa shape index (κ3) is 4.90. The lowest BCUT2D eigenvalue weighted by Crippen LogP contribution is -2.23. The van der Waals surface area contributed by atoms with Gasteiger partial charge in [-0.3, -0.25) is 4.79 Å². The molecule has 0 fully saturated rings. The highest BCUT2D eigenvalue weighted by molar-refractivity contribution is 7.89. The molecule has 0 aliphatic carbocycles. The smallest absolute Gasteiger partial charge is 0.255 e. The molecule has 0 saturated carbocycles. The number of sulfonamides is 1. The second kappa shape index (κ2) is 7.37. The van der Waals surface area contributed by atoms with E-state index in [1.807, 2.05) is 24.3 Å². The molecule has 2 rings (SSSR count). The summed E-state index contributed by atoms with van der Waals surface area (Å²) in [5, 5.41) is 2.82. The summed E-state index contributed by atoms with van der Waals surface area (Å²) >= 11 is 0. The first-order chi connectivity index (χ1) is 11.6. The molecule has 0 unspecified atom stereocenters. The first kappa shape index (κ1) is 19.1. The maximum atomic E-state index is 12.3. The van der Waals surface area contributed by atoms with Crippen LogP contribution in [-0.2, 0) is 15.4 Å². The lowest BCUT2D eigenvalue weighted by molar-refractivity contribution is 0.102. The van der Waals surface area contributed by atoms with Gasteiger partial charge in [-0.1, -0.05) is 39.8 Å². The number of amides is 1. The van der Waals surface area contributed by atoms with E-state index in [1.165, 1.54) is 29.8 Å². The quantitative estimate of drug-likeness (QED) is 0.856. The molecule has 0 aliphatic rings. The van der Waals surface area contributed by atoms with Crippen molar-refractivity contribution in [3.8, 4) is 0 Å². The van der Waals surface area contributed by atoms with Crippen LogP contribution in [0.4, 0.5) is 5.69 Å². The molecule has 0 atom stereocenters. The zero-order valence-electron chi connectivity index (χ0n) is 15.0. The average molecular weight is 360 g/mol. The fourth-order valence-electron chi connectivity index (χ4n) is 2.32. The number of carbonyl (C=O) groups excluding carboxylic acids is 1. The van der Waals surface area contributed by atoms with Crippen molar-refractivity contribution in [3.63, 3.8) is 0 Å². The van der Waals surface area contributed by atoms with E-state index in [2.05, 4.69) is 30.8 Å². The van der Waals surface area contributed by atoms with E-state index in [1.54, 1.807) is 6.92 Å². The van der Waals surface area contributed by atoms with Gasteiger partial charge in [0.15, 0.2) is 0 Å². The predicted molar refractivity (Wildman–Crippen MR) is 100 cm³/mol.